The maximum absolute atomic E-state index is 12.2. The predicted octanol–water partition coefficient (Wildman–Crippen LogP) is 0.278. The van der Waals surface area contributed by atoms with Gasteiger partial charge in [-0.25, -0.2) is 0 Å². The summed E-state index contributed by atoms with van der Waals surface area (Å²) in [5.74, 6) is 0. The quantitative estimate of drug-likeness (QED) is 0.660. The Balaban J connectivity index is 0.00000225. The van der Waals surface area contributed by atoms with Gasteiger partial charge in [0.2, 0.25) is 0 Å². The minimum Gasteiger partial charge on any atom is -0.448 e. The van der Waals surface area contributed by atoms with Gasteiger partial charge in [-0.1, -0.05) is 13.8 Å². The van der Waals surface area contributed by atoms with Crippen molar-refractivity contribution < 1.29 is 64.3 Å². The van der Waals surface area contributed by atoms with Crippen molar-refractivity contribution in [2.45, 2.75) is 45.6 Å². The van der Waals surface area contributed by atoms with Gasteiger partial charge >= 0.3 is 58.4 Å². The van der Waals surface area contributed by atoms with Crippen LogP contribution in [0.3, 0.4) is 0 Å². The Hall–Kier alpha value is 1.45. The molecule has 6 heteroatoms. The van der Waals surface area contributed by atoms with E-state index in [1.165, 1.54) is 4.90 Å². The van der Waals surface area contributed by atoms with Crippen LogP contribution in [0.2, 0.25) is 0 Å². The molecule has 0 unspecified atom stereocenters. The molecular weight excluding hydrogens is 241 g/mol. The third kappa shape index (κ3) is 6.40. The van der Waals surface area contributed by atoms with E-state index in [1.807, 2.05) is 0 Å². The molecule has 0 atom stereocenters. The van der Waals surface area contributed by atoms with Crippen LogP contribution in [0.1, 0.15) is 39.5 Å². The average Bonchev–Trinajstić information content (AvgIpc) is 2.00. The zero-order valence-corrected chi connectivity index (χ0v) is 13.9. The van der Waals surface area contributed by atoms with Crippen molar-refractivity contribution in [1.82, 2.24) is 4.90 Å². The zero-order chi connectivity index (χ0) is 11.7. The van der Waals surface area contributed by atoms with Crippen LogP contribution in [-0.4, -0.2) is 31.4 Å². The monoisotopic (exact) mass is 261 g/mol. The molecule has 1 aliphatic rings. The maximum Gasteiger partial charge on any atom is 1.00 e. The molecule has 0 aromatic heterocycles. The number of halogens is 3. The van der Waals surface area contributed by atoms with Crippen LogP contribution in [0, 0.1) is 5.41 Å². The molecule has 0 saturated heterocycles. The third-order valence-corrected chi connectivity index (χ3v) is 3.43. The maximum atomic E-state index is 12.2. The van der Waals surface area contributed by atoms with E-state index in [2.05, 4.69) is 13.8 Å². The normalized spacial score (nSPS) is 21.9. The molecule has 0 aromatic carbocycles. The molecule has 1 nitrogen and oxygen atoms in total. The van der Waals surface area contributed by atoms with E-state index in [9.17, 15) is 12.9 Å². The second-order valence-corrected chi connectivity index (χ2v) is 5.55. The van der Waals surface area contributed by atoms with Gasteiger partial charge in [-0.05, 0) is 44.6 Å². The van der Waals surface area contributed by atoms with Gasteiger partial charge in [0.05, 0.1) is 0 Å². The molecule has 0 heterocycles. The molecule has 0 amide bonds. The summed E-state index contributed by atoms with van der Waals surface area (Å²) in [6.07, 6.45) is 3.15. The number of nitrogens with zero attached hydrogens (tertiary/aromatic N) is 1. The summed E-state index contributed by atoms with van der Waals surface area (Å²) in [6.45, 7) is -0.291. The fourth-order valence-electron chi connectivity index (χ4n) is 2.30. The first-order chi connectivity index (χ1) is 6.70. The molecule has 0 aromatic rings. The van der Waals surface area contributed by atoms with Crippen LogP contribution in [0.4, 0.5) is 12.9 Å². The van der Waals surface area contributed by atoms with E-state index in [0.29, 0.717) is 5.41 Å². The van der Waals surface area contributed by atoms with Gasteiger partial charge in [-0.2, -0.15) is 0 Å². The van der Waals surface area contributed by atoms with Gasteiger partial charge in [0, 0.05) is 6.04 Å². The first-order valence-corrected chi connectivity index (χ1v) is 5.61. The molecule has 1 aliphatic carbocycles. The van der Waals surface area contributed by atoms with Crippen molar-refractivity contribution in [2.75, 3.05) is 13.5 Å². The van der Waals surface area contributed by atoms with Gasteiger partial charge in [-0.15, -0.1) is 0 Å². The zero-order valence-electron chi connectivity index (χ0n) is 10.8. The Morgan fingerprint density at radius 2 is 1.62 bits per heavy atom. The standard InChI is InChI=1S/C10H20BF3N.K/c1-10(2)6-4-9(5-7-10)15(3)8-11(12,13)14;/h9H,4-8H2,1-3H3;/q-1;+1. The molecule has 0 N–H and O–H groups in total. The molecule has 0 spiro atoms. The fraction of sp³-hybridized carbons (Fsp3) is 1.00. The van der Waals surface area contributed by atoms with Crippen LogP contribution in [0.5, 0.6) is 0 Å². The van der Waals surface area contributed by atoms with E-state index in [1.54, 1.807) is 7.05 Å². The van der Waals surface area contributed by atoms with Crippen LogP contribution in [0.25, 0.3) is 0 Å². The second-order valence-electron chi connectivity index (χ2n) is 5.55. The van der Waals surface area contributed by atoms with Crippen LogP contribution in [0.15, 0.2) is 0 Å². The third-order valence-electron chi connectivity index (χ3n) is 3.43. The summed E-state index contributed by atoms with van der Waals surface area (Å²) in [5, 5.41) is 0. The van der Waals surface area contributed by atoms with E-state index < -0.39 is 13.4 Å². The molecule has 0 aliphatic heterocycles. The van der Waals surface area contributed by atoms with Crippen molar-refractivity contribution in [3.8, 4) is 0 Å². The summed E-state index contributed by atoms with van der Waals surface area (Å²) in [4.78, 5) is 1.48. The molecule has 0 bridgehead atoms. The summed E-state index contributed by atoms with van der Waals surface area (Å²) < 4.78 is 36.7. The summed E-state index contributed by atoms with van der Waals surface area (Å²) in [7, 11) is 1.60. The molecule has 0 radical (unpaired) electrons. The Labute approximate surface area is 139 Å². The molecule has 90 valence electrons. The largest absolute Gasteiger partial charge is 1.00 e. The van der Waals surface area contributed by atoms with Crippen molar-refractivity contribution in [2.24, 2.45) is 5.41 Å². The summed E-state index contributed by atoms with van der Waals surface area (Å²) in [5.41, 5.74) is 0.320. The molecular formula is C10H20BF3KN. The van der Waals surface area contributed by atoms with Crippen LogP contribution < -0.4 is 51.4 Å². The Bertz CT molecular complexity index is 211. The van der Waals surface area contributed by atoms with E-state index >= 15 is 0 Å². The van der Waals surface area contributed by atoms with Gasteiger partial charge in [0.15, 0.2) is 0 Å². The number of hydrogen-bond donors (Lipinski definition) is 0. The summed E-state index contributed by atoms with van der Waals surface area (Å²) >= 11 is 0. The van der Waals surface area contributed by atoms with E-state index in [0.717, 1.165) is 25.7 Å². The average molecular weight is 261 g/mol. The minimum absolute atomic E-state index is 0. The van der Waals surface area contributed by atoms with E-state index in [-0.39, 0.29) is 57.4 Å². The summed E-state index contributed by atoms with van der Waals surface area (Å²) in [6, 6.07) is 0.126. The van der Waals surface area contributed by atoms with Gasteiger partial charge < -0.3 is 17.8 Å². The van der Waals surface area contributed by atoms with E-state index in [4.69, 9.17) is 0 Å². The van der Waals surface area contributed by atoms with Crippen LogP contribution in [-0.2, 0) is 0 Å². The van der Waals surface area contributed by atoms with Gasteiger partial charge in [0.25, 0.3) is 0 Å². The SMILES string of the molecule is CN(C[B-](F)(F)F)C1CCC(C)(C)CC1.[K+]. The Morgan fingerprint density at radius 1 is 1.19 bits per heavy atom. The number of rotatable bonds is 3. The topological polar surface area (TPSA) is 3.24 Å². The van der Waals surface area contributed by atoms with Crippen molar-refractivity contribution in [3.05, 3.63) is 0 Å². The fourth-order valence-corrected chi connectivity index (χ4v) is 2.30. The van der Waals surface area contributed by atoms with Gasteiger partial charge in [0.1, 0.15) is 0 Å². The minimum atomic E-state index is -4.67. The Kier molecular flexibility index (Phi) is 7.17. The molecule has 16 heavy (non-hydrogen) atoms. The van der Waals surface area contributed by atoms with Crippen LogP contribution >= 0.6 is 0 Å². The van der Waals surface area contributed by atoms with Crippen molar-refractivity contribution in [3.63, 3.8) is 0 Å². The van der Waals surface area contributed by atoms with Crippen molar-refractivity contribution >= 4 is 6.98 Å². The predicted molar refractivity (Wildman–Crippen MR) is 57.7 cm³/mol. The molecule has 1 rings (SSSR count). The second kappa shape index (κ2) is 6.57. The Morgan fingerprint density at radius 3 is 2.00 bits per heavy atom. The first-order valence-electron chi connectivity index (χ1n) is 5.61. The molecule has 1 fully saturated rings. The molecule has 1 saturated carbocycles. The number of hydrogen-bond acceptors (Lipinski definition) is 1. The first kappa shape index (κ1) is 17.5. The van der Waals surface area contributed by atoms with Gasteiger partial charge in [-0.3, -0.25) is 0 Å². The smallest absolute Gasteiger partial charge is 0.448 e. The van der Waals surface area contributed by atoms with Crippen molar-refractivity contribution in [1.29, 1.82) is 0 Å².